The first-order valence-corrected chi connectivity index (χ1v) is 14.8. The van der Waals surface area contributed by atoms with Crippen LogP contribution in [0.1, 0.15) is 146 Å². The molecule has 0 N–H and O–H groups in total. The van der Waals surface area contributed by atoms with Crippen molar-refractivity contribution in [2.45, 2.75) is 146 Å². The minimum atomic E-state index is 0.483. The molecule has 0 saturated carbocycles. The molecule has 0 aromatic rings. The Morgan fingerprint density at radius 1 is 0.938 bits per heavy atom. The van der Waals surface area contributed by atoms with E-state index in [0.717, 1.165) is 41.4 Å². The summed E-state index contributed by atoms with van der Waals surface area (Å²) >= 11 is 0. The third-order valence-corrected chi connectivity index (χ3v) is 10.0. The normalized spacial score (nSPS) is 28.0. The van der Waals surface area contributed by atoms with E-state index < -0.39 is 0 Å². The van der Waals surface area contributed by atoms with Gasteiger partial charge in [0.15, 0.2) is 0 Å². The highest BCUT2D eigenvalue weighted by Crippen LogP contribution is 2.59. The maximum atomic E-state index is 2.68. The molecule has 0 aromatic carbocycles. The summed E-state index contributed by atoms with van der Waals surface area (Å²) in [4.78, 5) is 0. The van der Waals surface area contributed by atoms with E-state index in [1.807, 2.05) is 0 Å². The molecule has 1 aliphatic carbocycles. The van der Waals surface area contributed by atoms with Crippen LogP contribution in [0.3, 0.4) is 0 Å². The topological polar surface area (TPSA) is 0 Å². The summed E-state index contributed by atoms with van der Waals surface area (Å²) in [6.07, 6.45) is 19.1. The number of hydrogen-bond acceptors (Lipinski definition) is 0. The molecule has 7 atom stereocenters. The molecule has 7 unspecified atom stereocenters. The first-order chi connectivity index (χ1) is 15.2. The van der Waals surface area contributed by atoms with Gasteiger partial charge in [-0.15, -0.1) is 0 Å². The van der Waals surface area contributed by atoms with Gasteiger partial charge in [-0.2, -0.15) is 0 Å². The van der Waals surface area contributed by atoms with Gasteiger partial charge in [0.05, 0.1) is 0 Å². The van der Waals surface area contributed by atoms with Crippen molar-refractivity contribution in [3.8, 4) is 0 Å². The Kier molecular flexibility index (Phi) is 13.8. The Balaban J connectivity index is 3.62. The van der Waals surface area contributed by atoms with Crippen LogP contribution in [0.2, 0.25) is 0 Å². The second kappa shape index (κ2) is 14.9. The van der Waals surface area contributed by atoms with Gasteiger partial charge in [0.2, 0.25) is 0 Å². The third kappa shape index (κ3) is 7.63. The van der Waals surface area contributed by atoms with Gasteiger partial charge in [-0.25, -0.2) is 0 Å². The van der Waals surface area contributed by atoms with Gasteiger partial charge in [-0.1, -0.05) is 112 Å². The molecule has 0 heteroatoms. The van der Waals surface area contributed by atoms with Crippen molar-refractivity contribution >= 4 is 0 Å². The average Bonchev–Trinajstić information content (AvgIpc) is 2.76. The van der Waals surface area contributed by atoms with Gasteiger partial charge in [0, 0.05) is 0 Å². The van der Waals surface area contributed by atoms with Gasteiger partial charge in [-0.05, 0) is 92.3 Å². The average molecular weight is 447 g/mol. The van der Waals surface area contributed by atoms with Crippen molar-refractivity contribution in [3.63, 3.8) is 0 Å². The second-order valence-corrected chi connectivity index (χ2v) is 12.4. The molecule has 0 aromatic heterocycles. The van der Waals surface area contributed by atoms with Crippen molar-refractivity contribution in [2.24, 2.45) is 46.8 Å². The second-order valence-electron chi connectivity index (χ2n) is 12.4. The fraction of sp³-hybridized carbons (Fsp3) is 0.938. The fourth-order valence-electron chi connectivity index (χ4n) is 7.80. The first kappa shape index (κ1) is 29.8. The maximum absolute atomic E-state index is 2.68. The zero-order valence-electron chi connectivity index (χ0n) is 24.1. The van der Waals surface area contributed by atoms with E-state index in [1.165, 1.54) is 77.0 Å². The lowest BCUT2D eigenvalue weighted by Crippen LogP contribution is -2.51. The van der Waals surface area contributed by atoms with E-state index in [0.29, 0.717) is 5.41 Å². The highest BCUT2D eigenvalue weighted by Gasteiger charge is 2.52. The summed E-state index contributed by atoms with van der Waals surface area (Å²) in [7, 11) is 0. The maximum Gasteiger partial charge on any atom is -0.0208 e. The fourth-order valence-corrected chi connectivity index (χ4v) is 7.80. The molecule has 1 aliphatic rings. The van der Waals surface area contributed by atoms with Crippen LogP contribution in [0.5, 0.6) is 0 Å². The number of allylic oxidation sites excluding steroid dienone is 2. The molecule has 0 saturated heterocycles. The SMILES string of the molecule is CCCCCC(C)C(C(C)C(C)C)C1(C(CC)C(C)CC)CCCC(C)=CCCCC1C. The first-order valence-electron chi connectivity index (χ1n) is 14.8. The van der Waals surface area contributed by atoms with Crippen molar-refractivity contribution in [3.05, 3.63) is 11.6 Å². The summed E-state index contributed by atoms with van der Waals surface area (Å²) in [6.45, 7) is 25.3. The molecule has 0 nitrogen and oxygen atoms in total. The molecule has 0 spiro atoms. The van der Waals surface area contributed by atoms with Gasteiger partial charge < -0.3 is 0 Å². The molecular weight excluding hydrogens is 384 g/mol. The molecule has 190 valence electrons. The standard InChI is InChI=1S/C32H62/c1-11-14-15-21-27(8)31(29(10)24(4)5)32(30(13-3)26(7)12-2)23-18-20-25(6)19-16-17-22-28(32)9/h19,24,26-31H,11-18,20-23H2,1-10H3. The lowest BCUT2D eigenvalue weighted by molar-refractivity contribution is -0.0892. The van der Waals surface area contributed by atoms with Crippen LogP contribution in [0.15, 0.2) is 11.6 Å². The summed E-state index contributed by atoms with van der Waals surface area (Å²) in [5.41, 5.74) is 2.13. The molecular formula is C32H62. The van der Waals surface area contributed by atoms with E-state index in [-0.39, 0.29) is 0 Å². The van der Waals surface area contributed by atoms with E-state index >= 15 is 0 Å². The predicted molar refractivity (Wildman–Crippen MR) is 147 cm³/mol. The van der Waals surface area contributed by atoms with Gasteiger partial charge in [0.1, 0.15) is 0 Å². The summed E-state index contributed by atoms with van der Waals surface area (Å²) in [5, 5.41) is 0. The van der Waals surface area contributed by atoms with Crippen LogP contribution in [0.4, 0.5) is 0 Å². The molecule has 0 radical (unpaired) electrons. The van der Waals surface area contributed by atoms with E-state index in [4.69, 9.17) is 0 Å². The Morgan fingerprint density at radius 2 is 1.62 bits per heavy atom. The molecule has 32 heavy (non-hydrogen) atoms. The van der Waals surface area contributed by atoms with Crippen LogP contribution < -0.4 is 0 Å². The van der Waals surface area contributed by atoms with E-state index in [9.17, 15) is 0 Å². The van der Waals surface area contributed by atoms with Crippen LogP contribution in [0, 0.1) is 46.8 Å². The Labute approximate surface area is 204 Å². The number of rotatable bonds is 12. The zero-order valence-corrected chi connectivity index (χ0v) is 24.1. The monoisotopic (exact) mass is 446 g/mol. The molecule has 1 rings (SSSR count). The van der Waals surface area contributed by atoms with Gasteiger partial charge in [-0.3, -0.25) is 0 Å². The van der Waals surface area contributed by atoms with Gasteiger partial charge in [0.25, 0.3) is 0 Å². The summed E-state index contributed by atoms with van der Waals surface area (Å²) < 4.78 is 0. The summed E-state index contributed by atoms with van der Waals surface area (Å²) in [6, 6.07) is 0. The minimum absolute atomic E-state index is 0.483. The summed E-state index contributed by atoms with van der Waals surface area (Å²) in [5.74, 6) is 5.75. The Morgan fingerprint density at radius 3 is 2.19 bits per heavy atom. The molecule has 0 amide bonds. The van der Waals surface area contributed by atoms with Crippen molar-refractivity contribution in [1.82, 2.24) is 0 Å². The molecule has 0 fully saturated rings. The lowest BCUT2D eigenvalue weighted by Gasteiger charge is -2.57. The van der Waals surface area contributed by atoms with Crippen molar-refractivity contribution < 1.29 is 0 Å². The van der Waals surface area contributed by atoms with Crippen LogP contribution in [0.25, 0.3) is 0 Å². The smallest absolute Gasteiger partial charge is 0.0208 e. The molecule has 0 bridgehead atoms. The Hall–Kier alpha value is -0.260. The van der Waals surface area contributed by atoms with Gasteiger partial charge >= 0.3 is 0 Å². The largest absolute Gasteiger partial charge is 0.0856 e. The Bertz CT molecular complexity index is 514. The van der Waals surface area contributed by atoms with Crippen LogP contribution in [-0.2, 0) is 0 Å². The lowest BCUT2D eigenvalue weighted by atomic mass is 9.47. The minimum Gasteiger partial charge on any atom is -0.0856 e. The highest BCUT2D eigenvalue weighted by atomic mass is 14.6. The third-order valence-electron chi connectivity index (χ3n) is 10.0. The highest BCUT2D eigenvalue weighted by molar-refractivity contribution is 5.04. The van der Waals surface area contributed by atoms with Crippen molar-refractivity contribution in [2.75, 3.05) is 0 Å². The van der Waals surface area contributed by atoms with E-state index in [1.54, 1.807) is 5.57 Å². The molecule has 0 heterocycles. The van der Waals surface area contributed by atoms with E-state index in [2.05, 4.69) is 75.3 Å². The van der Waals surface area contributed by atoms with Crippen molar-refractivity contribution in [1.29, 1.82) is 0 Å². The number of unbranched alkanes of at least 4 members (excludes halogenated alkanes) is 2. The predicted octanol–water partition coefficient (Wildman–Crippen LogP) is 11.1. The quantitative estimate of drug-likeness (QED) is 0.206. The van der Waals surface area contributed by atoms with Crippen LogP contribution >= 0.6 is 0 Å². The number of hydrogen-bond donors (Lipinski definition) is 0. The zero-order chi connectivity index (χ0) is 24.3. The molecule has 0 aliphatic heterocycles. The van der Waals surface area contributed by atoms with Crippen LogP contribution in [-0.4, -0.2) is 0 Å².